The largest absolute Gasteiger partial charge is 0.239 e. The molecule has 1 aliphatic rings. The van der Waals surface area contributed by atoms with Gasteiger partial charge in [0.15, 0.2) is 11.0 Å². The van der Waals surface area contributed by atoms with E-state index in [0.29, 0.717) is 11.1 Å². The van der Waals surface area contributed by atoms with Crippen LogP contribution in [0.4, 0.5) is 13.2 Å². The Labute approximate surface area is 162 Å². The molecule has 0 spiro atoms. The van der Waals surface area contributed by atoms with Gasteiger partial charge in [0.1, 0.15) is 11.6 Å². The van der Waals surface area contributed by atoms with Crippen LogP contribution in [0, 0.1) is 17.7 Å². The van der Waals surface area contributed by atoms with Gasteiger partial charge in [-0.05, 0) is 59.5 Å². The number of alkyl halides is 2. The van der Waals surface area contributed by atoms with E-state index in [0.717, 1.165) is 18.9 Å². The topological polar surface area (TPSA) is 0 Å². The highest BCUT2D eigenvalue weighted by molar-refractivity contribution is 6.29. The number of hydrogen-bond acceptors (Lipinski definition) is 0. The zero-order chi connectivity index (χ0) is 19.4. The fraction of sp³-hybridized carbons (Fsp3) is 0.217. The Morgan fingerprint density at radius 1 is 1.11 bits per heavy atom. The lowest BCUT2D eigenvalue weighted by Gasteiger charge is -2.26. The summed E-state index contributed by atoms with van der Waals surface area (Å²) in [7, 11) is 0. The number of allylic oxidation sites excluding steroid dienone is 4. The summed E-state index contributed by atoms with van der Waals surface area (Å²) in [5, 5.41) is 0. The number of halogens is 4. The van der Waals surface area contributed by atoms with Gasteiger partial charge >= 0.3 is 0 Å². The van der Waals surface area contributed by atoms with E-state index in [2.05, 4.69) is 18.8 Å². The van der Waals surface area contributed by atoms with Gasteiger partial charge in [-0.15, -0.1) is 0 Å². The maximum Gasteiger partial charge on any atom is 0.191 e. The number of aryl methyl sites for hydroxylation is 1. The van der Waals surface area contributed by atoms with Crippen molar-refractivity contribution in [1.29, 1.82) is 0 Å². The van der Waals surface area contributed by atoms with Crippen LogP contribution < -0.4 is 0 Å². The molecular weight excluding hydrogens is 369 g/mol. The Bertz CT molecular complexity index is 948. The van der Waals surface area contributed by atoms with Crippen molar-refractivity contribution in [2.45, 2.75) is 30.8 Å². The maximum absolute atomic E-state index is 14.7. The fourth-order valence-corrected chi connectivity index (χ4v) is 3.04. The van der Waals surface area contributed by atoms with Crippen molar-refractivity contribution < 1.29 is 13.2 Å². The monoisotopic (exact) mass is 386 g/mol. The average Bonchev–Trinajstić information content (AvgIpc) is 2.66. The van der Waals surface area contributed by atoms with Gasteiger partial charge in [-0.1, -0.05) is 61.1 Å². The van der Waals surface area contributed by atoms with E-state index >= 15 is 0 Å². The SMILES string of the molecule is CCCc1ccc(C#CC2(Cl)C(F)=CC(c3cccc(F)c3)=CC2F)cc1. The van der Waals surface area contributed by atoms with Gasteiger partial charge in [-0.3, -0.25) is 0 Å². The molecule has 0 amide bonds. The first-order valence-electron chi connectivity index (χ1n) is 8.73. The van der Waals surface area contributed by atoms with Crippen LogP contribution in [0.5, 0.6) is 0 Å². The second kappa shape index (κ2) is 8.06. The molecule has 4 heteroatoms. The highest BCUT2D eigenvalue weighted by Crippen LogP contribution is 2.39. The normalized spacial score (nSPS) is 21.7. The molecule has 0 nitrogen and oxygen atoms in total. The Hall–Kier alpha value is -2.44. The van der Waals surface area contributed by atoms with Crippen LogP contribution in [0.25, 0.3) is 5.57 Å². The Morgan fingerprint density at radius 2 is 1.85 bits per heavy atom. The first-order valence-corrected chi connectivity index (χ1v) is 9.10. The number of rotatable bonds is 3. The molecule has 0 N–H and O–H groups in total. The van der Waals surface area contributed by atoms with Gasteiger partial charge in [0.25, 0.3) is 0 Å². The van der Waals surface area contributed by atoms with E-state index in [-0.39, 0.29) is 5.57 Å². The minimum absolute atomic E-state index is 0.237. The molecule has 0 heterocycles. The molecule has 0 saturated carbocycles. The lowest BCUT2D eigenvalue weighted by atomic mass is 9.90. The van der Waals surface area contributed by atoms with Crippen molar-refractivity contribution in [2.24, 2.45) is 0 Å². The third-order valence-electron chi connectivity index (χ3n) is 4.38. The Balaban J connectivity index is 1.86. The first kappa shape index (κ1) is 19.3. The lowest BCUT2D eigenvalue weighted by Crippen LogP contribution is -2.34. The van der Waals surface area contributed by atoms with Crippen LogP contribution in [0.2, 0.25) is 0 Å². The summed E-state index contributed by atoms with van der Waals surface area (Å²) in [5.74, 6) is 3.91. The zero-order valence-corrected chi connectivity index (χ0v) is 15.5. The van der Waals surface area contributed by atoms with Gasteiger partial charge in [0, 0.05) is 5.56 Å². The summed E-state index contributed by atoms with van der Waals surface area (Å²) in [4.78, 5) is -2.08. The van der Waals surface area contributed by atoms with Crippen molar-refractivity contribution in [3.8, 4) is 11.8 Å². The molecule has 0 aliphatic heterocycles. The van der Waals surface area contributed by atoms with Gasteiger partial charge in [-0.2, -0.15) is 0 Å². The van der Waals surface area contributed by atoms with Gasteiger partial charge < -0.3 is 0 Å². The quantitative estimate of drug-likeness (QED) is 0.423. The minimum atomic E-state index is -2.08. The summed E-state index contributed by atoms with van der Waals surface area (Å²) < 4.78 is 42.7. The zero-order valence-electron chi connectivity index (χ0n) is 14.8. The van der Waals surface area contributed by atoms with Crippen LogP contribution in [-0.2, 0) is 6.42 Å². The number of benzene rings is 2. The minimum Gasteiger partial charge on any atom is -0.239 e. The highest BCUT2D eigenvalue weighted by Gasteiger charge is 2.42. The molecule has 0 bridgehead atoms. The first-order chi connectivity index (χ1) is 12.9. The van der Waals surface area contributed by atoms with Crippen LogP contribution in [-0.4, -0.2) is 11.0 Å². The van der Waals surface area contributed by atoms with Gasteiger partial charge in [0.2, 0.25) is 0 Å². The highest BCUT2D eigenvalue weighted by atomic mass is 35.5. The molecule has 0 aromatic heterocycles. The summed E-state index contributed by atoms with van der Waals surface area (Å²) >= 11 is 6.18. The van der Waals surface area contributed by atoms with E-state index in [1.54, 1.807) is 6.07 Å². The van der Waals surface area contributed by atoms with Crippen LogP contribution in [0.1, 0.15) is 30.0 Å². The maximum atomic E-state index is 14.7. The molecule has 0 radical (unpaired) electrons. The molecule has 0 saturated heterocycles. The van der Waals surface area contributed by atoms with E-state index in [1.165, 1.54) is 29.8 Å². The predicted molar refractivity (Wildman–Crippen MR) is 104 cm³/mol. The molecule has 2 aromatic carbocycles. The molecule has 1 aliphatic carbocycles. The molecule has 2 unspecified atom stereocenters. The summed E-state index contributed by atoms with van der Waals surface area (Å²) in [5.41, 5.74) is 2.43. The van der Waals surface area contributed by atoms with E-state index in [1.807, 2.05) is 24.3 Å². The van der Waals surface area contributed by atoms with Crippen molar-refractivity contribution in [1.82, 2.24) is 0 Å². The molecule has 3 rings (SSSR count). The molecule has 27 heavy (non-hydrogen) atoms. The van der Waals surface area contributed by atoms with Crippen molar-refractivity contribution in [3.05, 3.63) is 89.0 Å². The van der Waals surface area contributed by atoms with Gasteiger partial charge in [0.05, 0.1) is 0 Å². The molecule has 2 atom stereocenters. The summed E-state index contributed by atoms with van der Waals surface area (Å²) in [6.07, 6.45) is 2.41. The van der Waals surface area contributed by atoms with Crippen molar-refractivity contribution >= 4 is 17.2 Å². The van der Waals surface area contributed by atoms with Gasteiger partial charge in [-0.25, -0.2) is 13.2 Å². The van der Waals surface area contributed by atoms with E-state index in [9.17, 15) is 13.2 Å². The van der Waals surface area contributed by atoms with E-state index < -0.39 is 22.7 Å². The third-order valence-corrected chi connectivity index (χ3v) is 4.86. The molecule has 0 fully saturated rings. The molecule has 2 aromatic rings. The Kier molecular flexibility index (Phi) is 5.77. The second-order valence-electron chi connectivity index (χ2n) is 6.44. The fourth-order valence-electron chi connectivity index (χ4n) is 2.88. The summed E-state index contributed by atoms with van der Waals surface area (Å²) in [6.45, 7) is 2.09. The molecular formula is C23H18ClF3. The molecule has 138 valence electrons. The number of hydrogen-bond donors (Lipinski definition) is 0. The smallest absolute Gasteiger partial charge is 0.191 e. The van der Waals surface area contributed by atoms with Crippen LogP contribution in [0.15, 0.2) is 66.5 Å². The average molecular weight is 387 g/mol. The van der Waals surface area contributed by atoms with Crippen LogP contribution >= 0.6 is 11.6 Å². The van der Waals surface area contributed by atoms with Crippen LogP contribution in [0.3, 0.4) is 0 Å². The lowest BCUT2D eigenvalue weighted by molar-refractivity contribution is 0.339. The Morgan fingerprint density at radius 3 is 2.48 bits per heavy atom. The van der Waals surface area contributed by atoms with Crippen molar-refractivity contribution in [2.75, 3.05) is 0 Å². The summed E-state index contributed by atoms with van der Waals surface area (Å²) in [6, 6.07) is 13.0. The second-order valence-corrected chi connectivity index (χ2v) is 7.03. The van der Waals surface area contributed by atoms with E-state index in [4.69, 9.17) is 11.6 Å². The predicted octanol–water partition coefficient (Wildman–Crippen LogP) is 6.40. The third kappa shape index (κ3) is 4.28. The van der Waals surface area contributed by atoms with Crippen molar-refractivity contribution in [3.63, 3.8) is 0 Å². The standard InChI is InChI=1S/C23H18ClF3/c1-2-4-16-7-9-17(10-8-16)11-12-23(24)21(26)14-19(15-22(23)27)18-5-3-6-20(25)13-18/h3,5-10,13-15,21H,2,4H2,1H3.